The Bertz CT molecular complexity index is 1180. The second kappa shape index (κ2) is 9.77. The third kappa shape index (κ3) is 4.77. The molecular weight excluding hydrogens is 442 g/mol. The van der Waals surface area contributed by atoms with E-state index in [9.17, 15) is 9.59 Å². The van der Waals surface area contributed by atoms with Gasteiger partial charge in [0.2, 0.25) is 5.91 Å². The van der Waals surface area contributed by atoms with Crippen molar-refractivity contribution >= 4 is 44.9 Å². The SMILES string of the molecule is CCc1c(C)sc2nc(SC(C)C(=O)Nc3ccc(C)cc3)n(CC3CCCO3)c(=O)c12. The van der Waals surface area contributed by atoms with E-state index in [1.54, 1.807) is 15.9 Å². The summed E-state index contributed by atoms with van der Waals surface area (Å²) in [5.41, 5.74) is 2.94. The van der Waals surface area contributed by atoms with Crippen LogP contribution in [0.2, 0.25) is 0 Å². The van der Waals surface area contributed by atoms with Gasteiger partial charge in [-0.05, 0) is 57.7 Å². The van der Waals surface area contributed by atoms with Gasteiger partial charge in [-0.15, -0.1) is 11.3 Å². The smallest absolute Gasteiger partial charge is 0.263 e. The van der Waals surface area contributed by atoms with Crippen molar-refractivity contribution in [1.29, 1.82) is 0 Å². The van der Waals surface area contributed by atoms with Crippen LogP contribution in [-0.2, 0) is 22.5 Å². The topological polar surface area (TPSA) is 73.2 Å². The number of aromatic nitrogens is 2. The third-order valence-electron chi connectivity index (χ3n) is 5.81. The molecule has 0 spiro atoms. The van der Waals surface area contributed by atoms with Gasteiger partial charge < -0.3 is 10.1 Å². The van der Waals surface area contributed by atoms with Gasteiger partial charge in [0.1, 0.15) is 4.83 Å². The highest BCUT2D eigenvalue weighted by Gasteiger charge is 2.25. The molecule has 32 heavy (non-hydrogen) atoms. The fourth-order valence-electron chi connectivity index (χ4n) is 3.99. The van der Waals surface area contributed by atoms with Crippen molar-refractivity contribution in [2.45, 2.75) is 70.0 Å². The zero-order valence-electron chi connectivity index (χ0n) is 18.9. The van der Waals surface area contributed by atoms with Gasteiger partial charge in [-0.25, -0.2) is 4.98 Å². The Morgan fingerprint density at radius 2 is 2.09 bits per heavy atom. The average molecular weight is 472 g/mol. The summed E-state index contributed by atoms with van der Waals surface area (Å²) in [6.45, 7) is 9.16. The van der Waals surface area contributed by atoms with Gasteiger partial charge in [0.05, 0.1) is 23.3 Å². The molecule has 1 amide bonds. The van der Waals surface area contributed by atoms with Crippen molar-refractivity contribution in [3.05, 3.63) is 50.6 Å². The highest BCUT2D eigenvalue weighted by molar-refractivity contribution is 8.00. The minimum atomic E-state index is -0.414. The van der Waals surface area contributed by atoms with E-state index in [0.29, 0.717) is 17.1 Å². The van der Waals surface area contributed by atoms with E-state index in [0.717, 1.165) is 52.4 Å². The fourth-order valence-corrected chi connectivity index (χ4v) is 6.07. The number of benzene rings is 1. The molecule has 170 valence electrons. The van der Waals surface area contributed by atoms with Crippen LogP contribution in [0.15, 0.2) is 34.2 Å². The number of fused-ring (bicyclic) bond motifs is 1. The summed E-state index contributed by atoms with van der Waals surface area (Å²) in [6.07, 6.45) is 2.74. The number of aryl methyl sites for hydroxylation is 3. The first-order valence-corrected chi connectivity index (χ1v) is 12.8. The largest absolute Gasteiger partial charge is 0.376 e. The third-order valence-corrected chi connectivity index (χ3v) is 7.94. The zero-order chi connectivity index (χ0) is 22.8. The average Bonchev–Trinajstić information content (AvgIpc) is 3.39. The minimum Gasteiger partial charge on any atom is -0.376 e. The van der Waals surface area contributed by atoms with Crippen LogP contribution in [-0.4, -0.2) is 33.4 Å². The Hall–Kier alpha value is -2.16. The van der Waals surface area contributed by atoms with E-state index in [2.05, 4.69) is 12.2 Å². The number of ether oxygens (including phenoxy) is 1. The van der Waals surface area contributed by atoms with Crippen molar-refractivity contribution in [3.8, 4) is 0 Å². The van der Waals surface area contributed by atoms with E-state index in [-0.39, 0.29) is 17.6 Å². The maximum absolute atomic E-state index is 13.6. The second-order valence-electron chi connectivity index (χ2n) is 8.23. The lowest BCUT2D eigenvalue weighted by Crippen LogP contribution is -2.30. The summed E-state index contributed by atoms with van der Waals surface area (Å²) < 4.78 is 7.53. The Labute approximate surface area is 196 Å². The van der Waals surface area contributed by atoms with E-state index < -0.39 is 5.25 Å². The summed E-state index contributed by atoms with van der Waals surface area (Å²) in [5, 5.41) is 3.84. The van der Waals surface area contributed by atoms with Gasteiger partial charge in [-0.1, -0.05) is 36.4 Å². The van der Waals surface area contributed by atoms with Gasteiger partial charge in [0.25, 0.3) is 5.56 Å². The molecule has 4 rings (SSSR count). The number of hydrogen-bond donors (Lipinski definition) is 1. The monoisotopic (exact) mass is 471 g/mol. The zero-order valence-corrected chi connectivity index (χ0v) is 20.6. The quantitative estimate of drug-likeness (QED) is 0.390. The van der Waals surface area contributed by atoms with Crippen LogP contribution in [0.1, 0.15) is 42.7 Å². The summed E-state index contributed by atoms with van der Waals surface area (Å²) in [5.74, 6) is -0.117. The van der Waals surface area contributed by atoms with Gasteiger partial charge >= 0.3 is 0 Å². The van der Waals surface area contributed by atoms with E-state index in [1.165, 1.54) is 11.8 Å². The molecule has 3 heterocycles. The normalized spacial score (nSPS) is 17.1. The first kappa shape index (κ1) is 23.0. The molecule has 2 atom stereocenters. The molecule has 0 aliphatic carbocycles. The Morgan fingerprint density at radius 3 is 2.75 bits per heavy atom. The summed E-state index contributed by atoms with van der Waals surface area (Å²) >= 11 is 2.88. The molecule has 2 unspecified atom stereocenters. The van der Waals surface area contributed by atoms with E-state index in [4.69, 9.17) is 9.72 Å². The molecule has 1 fully saturated rings. The molecular formula is C24H29N3O3S2. The van der Waals surface area contributed by atoms with Gasteiger partial charge in [-0.2, -0.15) is 0 Å². The van der Waals surface area contributed by atoms with Crippen LogP contribution in [0, 0.1) is 13.8 Å². The molecule has 6 nitrogen and oxygen atoms in total. The summed E-state index contributed by atoms with van der Waals surface area (Å²) in [4.78, 5) is 33.1. The van der Waals surface area contributed by atoms with Crippen LogP contribution in [0.4, 0.5) is 5.69 Å². The van der Waals surface area contributed by atoms with Crippen LogP contribution >= 0.6 is 23.1 Å². The lowest BCUT2D eigenvalue weighted by molar-refractivity contribution is -0.115. The molecule has 1 aromatic carbocycles. The summed E-state index contributed by atoms with van der Waals surface area (Å²) in [7, 11) is 0. The molecule has 0 saturated carbocycles. The Balaban J connectivity index is 1.65. The number of rotatable bonds is 7. The van der Waals surface area contributed by atoms with Crippen molar-refractivity contribution in [2.75, 3.05) is 11.9 Å². The maximum atomic E-state index is 13.6. The number of anilines is 1. The number of nitrogens with zero attached hydrogens (tertiary/aromatic N) is 2. The van der Waals surface area contributed by atoms with Gasteiger partial charge in [-0.3, -0.25) is 14.2 Å². The van der Waals surface area contributed by atoms with Gasteiger partial charge in [0, 0.05) is 17.2 Å². The van der Waals surface area contributed by atoms with Gasteiger partial charge in [0.15, 0.2) is 5.16 Å². The molecule has 0 bridgehead atoms. The highest BCUT2D eigenvalue weighted by atomic mass is 32.2. The number of thioether (sulfide) groups is 1. The minimum absolute atomic E-state index is 0.00722. The van der Waals surface area contributed by atoms with Crippen molar-refractivity contribution in [1.82, 2.24) is 9.55 Å². The van der Waals surface area contributed by atoms with E-state index in [1.807, 2.05) is 45.0 Å². The van der Waals surface area contributed by atoms with E-state index >= 15 is 0 Å². The predicted molar refractivity (Wildman–Crippen MR) is 132 cm³/mol. The fraction of sp³-hybridized carbons (Fsp3) is 0.458. The second-order valence-corrected chi connectivity index (χ2v) is 10.7. The molecule has 1 aliphatic rings. The van der Waals surface area contributed by atoms with Crippen molar-refractivity contribution < 1.29 is 9.53 Å². The summed E-state index contributed by atoms with van der Waals surface area (Å²) in [6, 6.07) is 7.71. The Kier molecular flexibility index (Phi) is 7.02. The highest BCUT2D eigenvalue weighted by Crippen LogP contribution is 2.31. The number of carbonyl (C=O) groups is 1. The molecule has 0 radical (unpaired) electrons. The first-order chi connectivity index (χ1) is 15.4. The number of carbonyl (C=O) groups excluding carboxylic acids is 1. The number of nitrogens with one attached hydrogen (secondary N) is 1. The van der Waals surface area contributed by atoms with Crippen LogP contribution < -0.4 is 10.9 Å². The number of amides is 1. The molecule has 8 heteroatoms. The predicted octanol–water partition coefficient (Wildman–Crippen LogP) is 4.94. The van der Waals surface area contributed by atoms with Crippen LogP contribution in [0.5, 0.6) is 0 Å². The van der Waals surface area contributed by atoms with Crippen molar-refractivity contribution in [3.63, 3.8) is 0 Å². The number of hydrogen-bond acceptors (Lipinski definition) is 6. The van der Waals surface area contributed by atoms with Crippen molar-refractivity contribution in [2.24, 2.45) is 0 Å². The number of thiophene rings is 1. The molecule has 1 saturated heterocycles. The molecule has 1 N–H and O–H groups in total. The first-order valence-electron chi connectivity index (χ1n) is 11.1. The maximum Gasteiger partial charge on any atom is 0.263 e. The molecule has 1 aliphatic heterocycles. The molecule has 2 aromatic heterocycles. The lowest BCUT2D eigenvalue weighted by Gasteiger charge is -2.18. The lowest BCUT2D eigenvalue weighted by atomic mass is 10.1. The molecule has 3 aromatic rings. The van der Waals surface area contributed by atoms with Crippen LogP contribution in [0.25, 0.3) is 10.2 Å². The Morgan fingerprint density at radius 1 is 1.34 bits per heavy atom. The van der Waals surface area contributed by atoms with Crippen LogP contribution in [0.3, 0.4) is 0 Å². The standard InChI is InChI=1S/C24H29N3O3S2/c1-5-19-15(3)31-22-20(19)23(29)27(13-18-7-6-12-30-18)24(26-22)32-16(4)21(28)25-17-10-8-14(2)9-11-17/h8-11,16,18H,5-7,12-13H2,1-4H3,(H,25,28).